The first-order valence-corrected chi connectivity index (χ1v) is 6.93. The van der Waals surface area contributed by atoms with Crippen LogP contribution < -0.4 is 0 Å². The molecule has 2 heteroatoms. The van der Waals surface area contributed by atoms with Crippen LogP contribution >= 0.6 is 0 Å². The molecule has 0 radical (unpaired) electrons. The van der Waals surface area contributed by atoms with Gasteiger partial charge in [-0.1, -0.05) is 29.8 Å². The summed E-state index contributed by atoms with van der Waals surface area (Å²) in [6.07, 6.45) is 5.47. The molecule has 0 N–H and O–H groups in total. The maximum Gasteiger partial charge on any atom is 0.338 e. The van der Waals surface area contributed by atoms with Gasteiger partial charge in [0.2, 0.25) is 0 Å². The molecule has 2 rings (SSSR count). The van der Waals surface area contributed by atoms with Crippen molar-refractivity contribution in [3.05, 3.63) is 47.5 Å². The highest BCUT2D eigenvalue weighted by molar-refractivity contribution is 5.89. The lowest BCUT2D eigenvalue weighted by Crippen LogP contribution is -2.37. The number of esters is 1. The van der Waals surface area contributed by atoms with E-state index in [1.54, 1.807) is 12.1 Å². The van der Waals surface area contributed by atoms with Crippen molar-refractivity contribution in [1.29, 1.82) is 0 Å². The van der Waals surface area contributed by atoms with Crippen molar-refractivity contribution in [3.63, 3.8) is 0 Å². The van der Waals surface area contributed by atoms with Crippen LogP contribution in [0.4, 0.5) is 0 Å². The van der Waals surface area contributed by atoms with Gasteiger partial charge >= 0.3 is 5.97 Å². The second-order valence-corrected chi connectivity index (χ2v) is 5.88. The van der Waals surface area contributed by atoms with Crippen LogP contribution in [0.2, 0.25) is 0 Å². The summed E-state index contributed by atoms with van der Waals surface area (Å²) in [6.45, 7) is 6.21. The van der Waals surface area contributed by atoms with E-state index >= 15 is 0 Å². The highest BCUT2D eigenvalue weighted by Gasteiger charge is 2.33. The van der Waals surface area contributed by atoms with Crippen LogP contribution in [-0.4, -0.2) is 11.6 Å². The van der Waals surface area contributed by atoms with Gasteiger partial charge in [-0.15, -0.1) is 0 Å². The number of allylic oxidation sites excluding steroid dienone is 2. The minimum Gasteiger partial charge on any atom is -0.456 e. The summed E-state index contributed by atoms with van der Waals surface area (Å²) in [5.41, 5.74) is 1.66. The van der Waals surface area contributed by atoms with Crippen molar-refractivity contribution in [2.45, 2.75) is 45.6 Å². The molecule has 0 heterocycles. The smallest absolute Gasteiger partial charge is 0.338 e. The lowest BCUT2D eigenvalue weighted by Gasteiger charge is -2.35. The van der Waals surface area contributed by atoms with E-state index in [0.29, 0.717) is 11.5 Å². The molecule has 0 amide bonds. The number of benzene rings is 1. The lowest BCUT2D eigenvalue weighted by atomic mass is 9.79. The summed E-state index contributed by atoms with van der Waals surface area (Å²) in [5, 5.41) is 0. The van der Waals surface area contributed by atoms with Crippen LogP contribution in [0, 0.1) is 5.92 Å². The number of carbonyl (C=O) groups is 1. The van der Waals surface area contributed by atoms with Gasteiger partial charge in [0.25, 0.3) is 0 Å². The van der Waals surface area contributed by atoms with Gasteiger partial charge < -0.3 is 4.74 Å². The van der Waals surface area contributed by atoms with E-state index in [-0.39, 0.29) is 5.97 Å². The van der Waals surface area contributed by atoms with Crippen LogP contribution in [0.25, 0.3) is 0 Å². The van der Waals surface area contributed by atoms with Crippen LogP contribution in [0.1, 0.15) is 50.4 Å². The molecule has 1 aliphatic rings. The second-order valence-electron chi connectivity index (χ2n) is 5.88. The quantitative estimate of drug-likeness (QED) is 0.594. The first-order valence-electron chi connectivity index (χ1n) is 6.93. The fraction of sp³-hybridized carbons (Fsp3) is 0.471. The van der Waals surface area contributed by atoms with Gasteiger partial charge in [-0.3, -0.25) is 0 Å². The highest BCUT2D eigenvalue weighted by atomic mass is 16.6. The summed E-state index contributed by atoms with van der Waals surface area (Å²) in [6, 6.07) is 9.20. The van der Waals surface area contributed by atoms with E-state index in [9.17, 15) is 4.79 Å². The third kappa shape index (κ3) is 3.46. The molecule has 19 heavy (non-hydrogen) atoms. The molecule has 102 valence electrons. The monoisotopic (exact) mass is 258 g/mol. The maximum absolute atomic E-state index is 12.1. The van der Waals surface area contributed by atoms with Gasteiger partial charge in [0.15, 0.2) is 0 Å². The van der Waals surface area contributed by atoms with E-state index in [2.05, 4.69) is 13.0 Å². The first kappa shape index (κ1) is 13.9. The predicted molar refractivity (Wildman–Crippen MR) is 77.0 cm³/mol. The maximum atomic E-state index is 12.1. The molecule has 1 atom stereocenters. The van der Waals surface area contributed by atoms with Crippen LogP contribution in [0.3, 0.4) is 0 Å². The fourth-order valence-electron chi connectivity index (χ4n) is 2.55. The van der Waals surface area contributed by atoms with Crippen LogP contribution in [0.15, 0.2) is 42.0 Å². The third-order valence-electron chi connectivity index (χ3n) is 3.99. The Morgan fingerprint density at radius 1 is 1.26 bits per heavy atom. The summed E-state index contributed by atoms with van der Waals surface area (Å²) >= 11 is 0. The molecule has 0 bridgehead atoms. The molecule has 0 aliphatic heterocycles. The average Bonchev–Trinajstić information content (AvgIpc) is 2.40. The molecular formula is C17H22O2. The van der Waals surface area contributed by atoms with Gasteiger partial charge in [0, 0.05) is 5.92 Å². The number of hydrogen-bond acceptors (Lipinski definition) is 2. The molecule has 1 aromatic rings. The van der Waals surface area contributed by atoms with Crippen molar-refractivity contribution in [1.82, 2.24) is 0 Å². The Kier molecular flexibility index (Phi) is 4.08. The Labute approximate surface area is 115 Å². The summed E-state index contributed by atoms with van der Waals surface area (Å²) in [7, 11) is 0. The Bertz CT molecular complexity index is 471. The average molecular weight is 258 g/mol. The summed E-state index contributed by atoms with van der Waals surface area (Å²) < 4.78 is 5.73. The topological polar surface area (TPSA) is 26.3 Å². The van der Waals surface area contributed by atoms with E-state index in [1.165, 1.54) is 5.57 Å². The molecule has 0 saturated carbocycles. The van der Waals surface area contributed by atoms with Crippen molar-refractivity contribution in [3.8, 4) is 0 Å². The summed E-state index contributed by atoms with van der Waals surface area (Å²) in [5.74, 6) is 0.181. The van der Waals surface area contributed by atoms with E-state index < -0.39 is 5.60 Å². The lowest BCUT2D eigenvalue weighted by molar-refractivity contribution is -0.0322. The zero-order chi connectivity index (χ0) is 13.9. The van der Waals surface area contributed by atoms with Crippen molar-refractivity contribution in [2.75, 3.05) is 0 Å². The number of carbonyl (C=O) groups excluding carboxylic acids is 1. The van der Waals surface area contributed by atoms with Crippen LogP contribution in [0.5, 0.6) is 0 Å². The molecule has 0 spiro atoms. The SMILES string of the molecule is CC1=CC[C@@H](C(C)(C)OC(=O)c2ccccc2)CC1. The molecule has 2 nitrogen and oxygen atoms in total. The normalized spacial score (nSPS) is 19.7. The zero-order valence-corrected chi connectivity index (χ0v) is 12.0. The number of hydrogen-bond donors (Lipinski definition) is 0. The van der Waals surface area contributed by atoms with E-state index in [0.717, 1.165) is 19.3 Å². The molecule has 1 aliphatic carbocycles. The minimum atomic E-state index is -0.413. The van der Waals surface area contributed by atoms with Crippen molar-refractivity contribution < 1.29 is 9.53 Å². The molecule has 0 aromatic heterocycles. The highest BCUT2D eigenvalue weighted by Crippen LogP contribution is 2.34. The van der Waals surface area contributed by atoms with Gasteiger partial charge in [-0.25, -0.2) is 4.79 Å². The van der Waals surface area contributed by atoms with Gasteiger partial charge in [-0.05, 0) is 52.2 Å². The summed E-state index contributed by atoms with van der Waals surface area (Å²) in [4.78, 5) is 12.1. The zero-order valence-electron chi connectivity index (χ0n) is 12.0. The van der Waals surface area contributed by atoms with Gasteiger partial charge in [0.1, 0.15) is 5.60 Å². The van der Waals surface area contributed by atoms with Crippen molar-refractivity contribution >= 4 is 5.97 Å². The molecular weight excluding hydrogens is 236 g/mol. The molecule has 0 saturated heterocycles. The number of rotatable bonds is 3. The van der Waals surface area contributed by atoms with Crippen LogP contribution in [-0.2, 0) is 4.74 Å². The third-order valence-corrected chi connectivity index (χ3v) is 3.99. The molecule has 1 aromatic carbocycles. The first-order chi connectivity index (χ1) is 8.99. The van der Waals surface area contributed by atoms with Crippen molar-refractivity contribution in [2.24, 2.45) is 5.92 Å². The fourth-order valence-corrected chi connectivity index (χ4v) is 2.55. The minimum absolute atomic E-state index is 0.225. The molecule has 0 fully saturated rings. The standard InChI is InChI=1S/C17H22O2/c1-13-9-11-15(12-10-13)17(2,3)19-16(18)14-7-5-4-6-8-14/h4-9,15H,10-12H2,1-3H3/t15-/m1/s1. The van der Waals surface area contributed by atoms with Gasteiger partial charge in [-0.2, -0.15) is 0 Å². The number of ether oxygens (including phenoxy) is 1. The second kappa shape index (κ2) is 5.60. The van der Waals surface area contributed by atoms with Gasteiger partial charge in [0.05, 0.1) is 5.56 Å². The van der Waals surface area contributed by atoms with E-state index in [1.807, 2.05) is 32.0 Å². The Morgan fingerprint density at radius 2 is 1.95 bits per heavy atom. The Balaban J connectivity index is 2.03. The predicted octanol–water partition coefficient (Wildman–Crippen LogP) is 4.37. The molecule has 0 unspecified atom stereocenters. The Hall–Kier alpha value is -1.57. The largest absolute Gasteiger partial charge is 0.456 e. The Morgan fingerprint density at radius 3 is 2.53 bits per heavy atom. The van der Waals surface area contributed by atoms with E-state index in [4.69, 9.17) is 4.74 Å².